The Kier molecular flexibility index (Phi) is 6.64. The molecule has 0 radical (unpaired) electrons. The fourth-order valence-corrected chi connectivity index (χ4v) is 3.71. The van der Waals surface area contributed by atoms with Crippen LogP contribution in [0.1, 0.15) is 0 Å². The summed E-state index contributed by atoms with van der Waals surface area (Å²) in [5.74, 6) is 0.535. The van der Waals surface area contributed by atoms with Gasteiger partial charge in [-0.05, 0) is 18.2 Å². The third kappa shape index (κ3) is 4.27. The van der Waals surface area contributed by atoms with Gasteiger partial charge in [-0.2, -0.15) is 0 Å². The molecule has 0 amide bonds. The molecule has 1 aromatic heterocycles. The van der Waals surface area contributed by atoms with E-state index in [2.05, 4.69) is 0 Å². The number of hydrogen-bond donors (Lipinski definition) is 5. The van der Waals surface area contributed by atoms with Crippen molar-refractivity contribution >= 4 is 11.0 Å². The fraction of sp³-hybridized carbons (Fsp3) is 0.348. The molecule has 1 saturated heterocycles. The number of phenols is 1. The van der Waals surface area contributed by atoms with Gasteiger partial charge in [-0.1, -0.05) is 0 Å². The molecule has 0 aliphatic carbocycles. The molecule has 1 aliphatic rings. The van der Waals surface area contributed by atoms with Gasteiger partial charge in [-0.3, -0.25) is 4.79 Å². The van der Waals surface area contributed by atoms with Gasteiger partial charge in [0.1, 0.15) is 52.6 Å². The van der Waals surface area contributed by atoms with E-state index in [1.807, 2.05) is 0 Å². The van der Waals surface area contributed by atoms with E-state index >= 15 is 0 Å². The molecule has 1 fully saturated rings. The quantitative estimate of drug-likeness (QED) is 0.333. The van der Waals surface area contributed by atoms with Crippen LogP contribution in [0.15, 0.2) is 45.6 Å². The maximum Gasteiger partial charge on any atom is 0.229 e. The van der Waals surface area contributed by atoms with Crippen LogP contribution in [-0.4, -0.2) is 77.1 Å². The highest BCUT2D eigenvalue weighted by molar-refractivity contribution is 5.86. The highest BCUT2D eigenvalue weighted by atomic mass is 16.7. The van der Waals surface area contributed by atoms with Crippen LogP contribution < -0.4 is 19.6 Å². The van der Waals surface area contributed by atoms with Gasteiger partial charge in [-0.25, -0.2) is 0 Å². The lowest BCUT2D eigenvalue weighted by Crippen LogP contribution is -2.60. The highest BCUT2D eigenvalue weighted by Gasteiger charge is 2.45. The normalized spacial score (nSPS) is 24.7. The van der Waals surface area contributed by atoms with E-state index in [4.69, 9.17) is 23.4 Å². The van der Waals surface area contributed by atoms with Gasteiger partial charge in [0.05, 0.1) is 20.8 Å². The van der Waals surface area contributed by atoms with E-state index in [1.165, 1.54) is 44.6 Å². The number of benzene rings is 2. The number of phenolic OH excluding ortho intramolecular Hbond substituents is 1. The van der Waals surface area contributed by atoms with Crippen LogP contribution in [-0.2, 0) is 4.74 Å². The number of hydrogen-bond acceptors (Lipinski definition) is 11. The maximum atomic E-state index is 12.6. The summed E-state index contributed by atoms with van der Waals surface area (Å²) in [5.41, 5.74) is 0.108. The van der Waals surface area contributed by atoms with Crippen molar-refractivity contribution in [3.05, 3.63) is 46.6 Å². The Labute approximate surface area is 192 Å². The monoisotopic (exact) mass is 476 g/mol. The molecule has 0 bridgehead atoms. The number of rotatable bonds is 6. The molecule has 34 heavy (non-hydrogen) atoms. The largest absolute Gasteiger partial charge is 0.507 e. The van der Waals surface area contributed by atoms with Crippen LogP contribution in [0.5, 0.6) is 23.0 Å². The highest BCUT2D eigenvalue weighted by Crippen LogP contribution is 2.36. The van der Waals surface area contributed by atoms with E-state index in [9.17, 15) is 30.3 Å². The average Bonchev–Trinajstić information content (AvgIpc) is 2.83. The van der Waals surface area contributed by atoms with Gasteiger partial charge in [0.25, 0.3) is 0 Å². The van der Waals surface area contributed by atoms with Crippen molar-refractivity contribution in [1.29, 1.82) is 0 Å². The first-order valence-corrected chi connectivity index (χ1v) is 10.3. The van der Waals surface area contributed by atoms with Crippen molar-refractivity contribution in [2.75, 3.05) is 20.8 Å². The molecule has 2 heterocycles. The molecule has 0 saturated carbocycles. The van der Waals surface area contributed by atoms with Crippen LogP contribution in [0.2, 0.25) is 0 Å². The van der Waals surface area contributed by atoms with Crippen LogP contribution in [0.4, 0.5) is 0 Å². The lowest BCUT2D eigenvalue weighted by Gasteiger charge is -2.39. The lowest BCUT2D eigenvalue weighted by atomic mass is 9.99. The predicted molar refractivity (Wildman–Crippen MR) is 117 cm³/mol. The minimum Gasteiger partial charge on any atom is -0.507 e. The smallest absolute Gasteiger partial charge is 0.229 e. The number of aliphatic hydroxyl groups excluding tert-OH is 4. The van der Waals surface area contributed by atoms with Gasteiger partial charge in [0.15, 0.2) is 16.9 Å². The minimum absolute atomic E-state index is 0.0130. The number of methoxy groups -OCH3 is 2. The van der Waals surface area contributed by atoms with Crippen molar-refractivity contribution < 1.29 is 48.9 Å². The first-order chi connectivity index (χ1) is 16.3. The summed E-state index contributed by atoms with van der Waals surface area (Å²) in [5, 5.41) is 49.6. The second-order valence-electron chi connectivity index (χ2n) is 7.68. The number of ether oxygens (including phenoxy) is 4. The van der Waals surface area contributed by atoms with Gasteiger partial charge in [0, 0.05) is 23.8 Å². The predicted octanol–water partition coefficient (Wildman–Crippen LogP) is 0.361. The van der Waals surface area contributed by atoms with E-state index < -0.39 is 42.7 Å². The Morgan fingerprint density at radius 3 is 2.38 bits per heavy atom. The van der Waals surface area contributed by atoms with Crippen molar-refractivity contribution in [3.8, 4) is 34.3 Å². The molecule has 4 rings (SSSR count). The molecule has 11 heteroatoms. The molecule has 5 N–H and O–H groups in total. The zero-order valence-corrected chi connectivity index (χ0v) is 18.2. The van der Waals surface area contributed by atoms with E-state index in [0.717, 1.165) is 0 Å². The standard InChI is InChI=1S/C23H24O11/c1-30-11-6-12(25)19-13(26)8-15(32-17(19)7-11)10-3-4-14(16(5-10)31-2)33-23-22(29)21(28)20(27)18(9-24)34-23/h3-8,18,20-25,27-29H,9H2,1-2H3/t18-,20-,21-,22-,23-/m0/s1. The van der Waals surface area contributed by atoms with Gasteiger partial charge in [-0.15, -0.1) is 0 Å². The van der Waals surface area contributed by atoms with Crippen LogP contribution >= 0.6 is 0 Å². The summed E-state index contributed by atoms with van der Waals surface area (Å²) >= 11 is 0. The molecule has 0 spiro atoms. The topological polar surface area (TPSA) is 168 Å². The van der Waals surface area contributed by atoms with Crippen molar-refractivity contribution in [2.45, 2.75) is 30.7 Å². The van der Waals surface area contributed by atoms with Gasteiger partial charge >= 0.3 is 0 Å². The zero-order chi connectivity index (χ0) is 24.6. The summed E-state index contributed by atoms with van der Waals surface area (Å²) < 4.78 is 27.3. The Balaban J connectivity index is 1.68. The van der Waals surface area contributed by atoms with Crippen LogP contribution in [0, 0.1) is 0 Å². The van der Waals surface area contributed by atoms with E-state index in [0.29, 0.717) is 11.3 Å². The molecule has 1 aliphatic heterocycles. The third-order valence-corrected chi connectivity index (χ3v) is 5.56. The van der Waals surface area contributed by atoms with Crippen molar-refractivity contribution in [2.24, 2.45) is 0 Å². The number of aliphatic hydroxyl groups is 4. The van der Waals surface area contributed by atoms with Crippen molar-refractivity contribution in [1.82, 2.24) is 0 Å². The van der Waals surface area contributed by atoms with Gasteiger partial charge < -0.3 is 48.9 Å². The fourth-order valence-electron chi connectivity index (χ4n) is 3.71. The third-order valence-electron chi connectivity index (χ3n) is 5.56. The Morgan fingerprint density at radius 2 is 1.71 bits per heavy atom. The average molecular weight is 476 g/mol. The maximum absolute atomic E-state index is 12.6. The summed E-state index contributed by atoms with van der Waals surface area (Å²) in [4.78, 5) is 12.6. The molecule has 11 nitrogen and oxygen atoms in total. The molecule has 3 aromatic rings. The molecule has 182 valence electrons. The first-order valence-electron chi connectivity index (χ1n) is 10.3. The molecule has 2 aromatic carbocycles. The summed E-state index contributed by atoms with van der Waals surface area (Å²) in [6, 6.07) is 8.57. The lowest BCUT2D eigenvalue weighted by molar-refractivity contribution is -0.277. The summed E-state index contributed by atoms with van der Waals surface area (Å²) in [6.07, 6.45) is -7.24. The molecule has 0 unspecified atom stereocenters. The van der Waals surface area contributed by atoms with Crippen molar-refractivity contribution in [3.63, 3.8) is 0 Å². The molecule has 5 atom stereocenters. The van der Waals surface area contributed by atoms with E-state index in [1.54, 1.807) is 6.07 Å². The Bertz CT molecular complexity index is 1240. The van der Waals surface area contributed by atoms with Crippen LogP contribution in [0.25, 0.3) is 22.3 Å². The molecular formula is C23H24O11. The minimum atomic E-state index is -1.60. The molecular weight excluding hydrogens is 452 g/mol. The SMILES string of the molecule is COc1cc(O)c2c(=O)cc(-c3ccc(O[C@H]4O[C@@H](CO)[C@H](O)[C@H](O)[C@@H]4O)c(OC)c3)oc2c1. The number of fused-ring (bicyclic) bond motifs is 1. The summed E-state index contributed by atoms with van der Waals surface area (Å²) in [6.45, 7) is -0.595. The second kappa shape index (κ2) is 9.49. The Hall–Kier alpha value is -3.35. The van der Waals surface area contributed by atoms with Crippen LogP contribution in [0.3, 0.4) is 0 Å². The van der Waals surface area contributed by atoms with Gasteiger partial charge in [0.2, 0.25) is 6.29 Å². The first kappa shape index (κ1) is 23.8. The summed E-state index contributed by atoms with van der Waals surface area (Å²) in [7, 11) is 2.79. The number of aromatic hydroxyl groups is 1. The van der Waals surface area contributed by atoms with E-state index in [-0.39, 0.29) is 34.0 Å². The Morgan fingerprint density at radius 1 is 0.941 bits per heavy atom. The second-order valence-corrected chi connectivity index (χ2v) is 7.68. The zero-order valence-electron chi connectivity index (χ0n) is 18.2.